The molecule has 1 atom stereocenters. The van der Waals surface area contributed by atoms with Gasteiger partial charge in [-0.1, -0.05) is 19.1 Å². The number of hydrogen-bond acceptors (Lipinski definition) is 2. The molecule has 0 heterocycles. The zero-order valence-electron chi connectivity index (χ0n) is 6.71. The summed E-state index contributed by atoms with van der Waals surface area (Å²) >= 11 is 4.14. The van der Waals surface area contributed by atoms with Crippen molar-refractivity contribution in [1.29, 1.82) is 0 Å². The van der Waals surface area contributed by atoms with E-state index in [2.05, 4.69) is 19.6 Å². The maximum absolute atomic E-state index is 5.29. The highest BCUT2D eigenvalue weighted by Gasteiger charge is 1.96. The van der Waals surface area contributed by atoms with Crippen LogP contribution in [0.2, 0.25) is 0 Å². The summed E-state index contributed by atoms with van der Waals surface area (Å²) in [7, 11) is 0. The molecule has 0 aromatic rings. The van der Waals surface area contributed by atoms with E-state index in [1.54, 1.807) is 0 Å². The van der Waals surface area contributed by atoms with Crippen molar-refractivity contribution in [3.05, 3.63) is 12.2 Å². The lowest BCUT2D eigenvalue weighted by Gasteiger charge is -2.06. The predicted molar refractivity (Wildman–Crippen MR) is 48.7 cm³/mol. The average Bonchev–Trinajstić information content (AvgIpc) is 1.98. The highest BCUT2D eigenvalue weighted by Crippen LogP contribution is 1.97. The molecule has 2 heteroatoms. The quantitative estimate of drug-likeness (QED) is 0.368. The van der Waals surface area contributed by atoms with Gasteiger partial charge in [-0.3, -0.25) is 0 Å². The topological polar surface area (TPSA) is 9.23 Å². The minimum absolute atomic E-state index is 0.564. The first kappa shape index (κ1) is 10.0. The summed E-state index contributed by atoms with van der Waals surface area (Å²) in [6.45, 7) is 5.66. The van der Waals surface area contributed by atoms with E-state index in [9.17, 15) is 0 Å². The Morgan fingerprint density at radius 3 is 2.80 bits per heavy atom. The second-order valence-electron chi connectivity index (χ2n) is 2.39. The van der Waals surface area contributed by atoms with Gasteiger partial charge in [-0.15, -0.1) is 0 Å². The molecule has 0 aliphatic heterocycles. The van der Waals surface area contributed by atoms with Crippen LogP contribution < -0.4 is 0 Å². The fraction of sp³-hybridized carbons (Fsp3) is 0.750. The summed E-state index contributed by atoms with van der Waals surface area (Å²) in [6, 6.07) is 0. The van der Waals surface area contributed by atoms with Crippen molar-refractivity contribution in [3.8, 4) is 0 Å². The van der Waals surface area contributed by atoms with E-state index < -0.39 is 0 Å². The molecular weight excluding hydrogens is 144 g/mol. The normalized spacial score (nSPS) is 14.3. The molecule has 0 aliphatic carbocycles. The van der Waals surface area contributed by atoms with Gasteiger partial charge in [-0.2, -0.15) is 12.6 Å². The van der Waals surface area contributed by atoms with Crippen LogP contribution in [0.15, 0.2) is 12.2 Å². The summed E-state index contributed by atoms with van der Waals surface area (Å²) < 4.78 is 5.29. The maximum atomic E-state index is 5.29. The largest absolute Gasteiger partial charge is 0.377 e. The second kappa shape index (κ2) is 7.16. The zero-order valence-corrected chi connectivity index (χ0v) is 7.60. The summed E-state index contributed by atoms with van der Waals surface area (Å²) in [5.41, 5.74) is 0. The summed E-state index contributed by atoms with van der Waals surface area (Å²) in [6.07, 6.45) is 4.00. The van der Waals surface area contributed by atoms with E-state index in [0.717, 1.165) is 19.0 Å². The number of hydrogen-bond donors (Lipinski definition) is 1. The number of ether oxygens (including phenoxy) is 1. The van der Waals surface area contributed by atoms with E-state index in [-0.39, 0.29) is 0 Å². The van der Waals surface area contributed by atoms with Crippen molar-refractivity contribution in [3.63, 3.8) is 0 Å². The van der Waals surface area contributed by atoms with Crippen LogP contribution in [0.4, 0.5) is 0 Å². The van der Waals surface area contributed by atoms with E-state index in [1.165, 1.54) is 0 Å². The number of thiol groups is 1. The Bertz CT molecular complexity index is 91.3. The monoisotopic (exact) mass is 160 g/mol. The van der Waals surface area contributed by atoms with Gasteiger partial charge in [-0.05, 0) is 18.6 Å². The fourth-order valence-electron chi connectivity index (χ4n) is 0.486. The fourth-order valence-corrected chi connectivity index (χ4v) is 0.592. The maximum Gasteiger partial charge on any atom is 0.0647 e. The van der Waals surface area contributed by atoms with E-state index in [4.69, 9.17) is 4.74 Å². The van der Waals surface area contributed by atoms with Gasteiger partial charge in [0, 0.05) is 0 Å². The van der Waals surface area contributed by atoms with Gasteiger partial charge in [-0.25, -0.2) is 0 Å². The Morgan fingerprint density at radius 2 is 2.30 bits per heavy atom. The van der Waals surface area contributed by atoms with Crippen LogP contribution in [0.25, 0.3) is 0 Å². The Labute approximate surface area is 68.9 Å². The van der Waals surface area contributed by atoms with Crippen LogP contribution in [-0.4, -0.2) is 19.0 Å². The molecule has 0 radical (unpaired) electrons. The highest BCUT2D eigenvalue weighted by molar-refractivity contribution is 7.80. The summed E-state index contributed by atoms with van der Waals surface area (Å²) in [5, 5.41) is 0. The van der Waals surface area contributed by atoms with Gasteiger partial charge in [0.15, 0.2) is 0 Å². The third-order valence-electron chi connectivity index (χ3n) is 1.16. The standard InChI is InChI=1S/C8H16OS/c1-3-4-5-9-6-8(2)7-10/h3-4,8,10H,5-7H2,1-2H3/b4-3+. The molecule has 0 bridgehead atoms. The molecule has 0 aliphatic rings. The van der Waals surface area contributed by atoms with Crippen LogP contribution in [0.1, 0.15) is 13.8 Å². The lowest BCUT2D eigenvalue weighted by molar-refractivity contribution is 0.136. The zero-order chi connectivity index (χ0) is 7.82. The van der Waals surface area contributed by atoms with Gasteiger partial charge in [0.05, 0.1) is 13.2 Å². The summed E-state index contributed by atoms with van der Waals surface area (Å²) in [5.74, 6) is 1.46. The van der Waals surface area contributed by atoms with Gasteiger partial charge in [0.2, 0.25) is 0 Å². The molecule has 10 heavy (non-hydrogen) atoms. The Balaban J connectivity index is 3.03. The van der Waals surface area contributed by atoms with Crippen molar-refractivity contribution >= 4 is 12.6 Å². The van der Waals surface area contributed by atoms with Gasteiger partial charge in [0.1, 0.15) is 0 Å². The molecule has 0 saturated heterocycles. The Hall–Kier alpha value is 0.0500. The molecule has 0 aromatic heterocycles. The van der Waals surface area contributed by atoms with Crippen molar-refractivity contribution < 1.29 is 4.74 Å². The van der Waals surface area contributed by atoms with Crippen molar-refractivity contribution in [2.24, 2.45) is 5.92 Å². The molecule has 1 unspecified atom stereocenters. The van der Waals surface area contributed by atoms with Gasteiger partial charge < -0.3 is 4.74 Å². The van der Waals surface area contributed by atoms with Crippen LogP contribution in [0.5, 0.6) is 0 Å². The van der Waals surface area contributed by atoms with Crippen LogP contribution in [-0.2, 0) is 4.74 Å². The average molecular weight is 160 g/mol. The first-order valence-corrected chi connectivity index (χ1v) is 4.24. The van der Waals surface area contributed by atoms with Gasteiger partial charge in [0.25, 0.3) is 0 Å². The first-order valence-electron chi connectivity index (χ1n) is 3.61. The second-order valence-corrected chi connectivity index (χ2v) is 2.76. The van der Waals surface area contributed by atoms with Crippen molar-refractivity contribution in [2.75, 3.05) is 19.0 Å². The molecule has 0 spiro atoms. The molecule has 0 N–H and O–H groups in total. The van der Waals surface area contributed by atoms with E-state index >= 15 is 0 Å². The lowest BCUT2D eigenvalue weighted by Crippen LogP contribution is -2.06. The number of rotatable bonds is 5. The van der Waals surface area contributed by atoms with E-state index in [1.807, 2.05) is 19.1 Å². The SMILES string of the molecule is C/C=C/COCC(C)CS. The molecule has 60 valence electrons. The molecule has 0 amide bonds. The summed E-state index contributed by atoms with van der Waals surface area (Å²) in [4.78, 5) is 0. The van der Waals surface area contributed by atoms with Crippen LogP contribution >= 0.6 is 12.6 Å². The number of allylic oxidation sites excluding steroid dienone is 1. The lowest BCUT2D eigenvalue weighted by atomic mass is 10.2. The predicted octanol–water partition coefficient (Wildman–Crippen LogP) is 2.15. The smallest absolute Gasteiger partial charge is 0.0647 e. The molecule has 0 saturated carbocycles. The van der Waals surface area contributed by atoms with Crippen molar-refractivity contribution in [1.82, 2.24) is 0 Å². The molecule has 0 aromatic carbocycles. The molecular formula is C8H16OS. The van der Waals surface area contributed by atoms with Crippen molar-refractivity contribution in [2.45, 2.75) is 13.8 Å². The van der Waals surface area contributed by atoms with E-state index in [0.29, 0.717) is 5.92 Å². The molecule has 1 nitrogen and oxygen atoms in total. The van der Waals surface area contributed by atoms with Crippen LogP contribution in [0, 0.1) is 5.92 Å². The first-order chi connectivity index (χ1) is 4.81. The molecule has 0 rings (SSSR count). The molecule has 0 fully saturated rings. The van der Waals surface area contributed by atoms with Crippen LogP contribution in [0.3, 0.4) is 0 Å². The van der Waals surface area contributed by atoms with Gasteiger partial charge >= 0.3 is 0 Å². The third kappa shape index (κ3) is 6.17. The Morgan fingerprint density at radius 1 is 1.60 bits per heavy atom. The minimum Gasteiger partial charge on any atom is -0.377 e. The highest BCUT2D eigenvalue weighted by atomic mass is 32.1. The minimum atomic E-state index is 0.564. The Kier molecular flexibility index (Phi) is 7.20. The third-order valence-corrected chi connectivity index (χ3v) is 1.79.